The maximum absolute atomic E-state index is 12.2. The second-order valence-electron chi connectivity index (χ2n) is 4.30. The number of nitrogens with one attached hydrogen (secondary N) is 1. The van der Waals surface area contributed by atoms with Gasteiger partial charge in [-0.2, -0.15) is 0 Å². The molecule has 0 radical (unpaired) electrons. The summed E-state index contributed by atoms with van der Waals surface area (Å²) in [7, 11) is -3.45. The van der Waals surface area contributed by atoms with Gasteiger partial charge in [0.05, 0.1) is 4.90 Å². The van der Waals surface area contributed by atoms with Gasteiger partial charge in [-0.1, -0.05) is 6.07 Å². The molecule has 0 fully saturated rings. The van der Waals surface area contributed by atoms with E-state index in [1.54, 1.807) is 12.1 Å². The molecule has 0 aliphatic heterocycles. The van der Waals surface area contributed by atoms with E-state index < -0.39 is 10.0 Å². The van der Waals surface area contributed by atoms with Crippen molar-refractivity contribution in [3.63, 3.8) is 0 Å². The van der Waals surface area contributed by atoms with Crippen LogP contribution < -0.4 is 4.72 Å². The molecule has 1 aromatic heterocycles. The van der Waals surface area contributed by atoms with E-state index in [0.29, 0.717) is 11.4 Å². The van der Waals surface area contributed by atoms with Crippen LogP contribution in [0.25, 0.3) is 0 Å². The van der Waals surface area contributed by atoms with Crippen LogP contribution in [-0.4, -0.2) is 8.42 Å². The minimum atomic E-state index is -3.45. The Hall–Kier alpha value is -0.690. The van der Waals surface area contributed by atoms with Crippen LogP contribution in [0.1, 0.15) is 16.0 Å². The fraction of sp³-hybridized carbons (Fsp3) is 0.231. The third kappa shape index (κ3) is 3.66. The van der Waals surface area contributed by atoms with Crippen molar-refractivity contribution in [2.45, 2.75) is 25.3 Å². The van der Waals surface area contributed by atoms with Crippen molar-refractivity contribution in [1.29, 1.82) is 0 Å². The number of benzene rings is 1. The Kier molecular flexibility index (Phi) is 4.45. The molecule has 1 N–H and O–H groups in total. The van der Waals surface area contributed by atoms with Crippen molar-refractivity contribution in [3.8, 4) is 0 Å². The van der Waals surface area contributed by atoms with Gasteiger partial charge in [-0.15, -0.1) is 11.3 Å². The van der Waals surface area contributed by atoms with Gasteiger partial charge in [0.15, 0.2) is 0 Å². The highest BCUT2D eigenvalue weighted by molar-refractivity contribution is 9.10. The zero-order valence-corrected chi connectivity index (χ0v) is 13.8. The molecule has 6 heteroatoms. The van der Waals surface area contributed by atoms with Crippen LogP contribution in [0, 0.1) is 13.8 Å². The molecular formula is C13H14BrNO2S2. The second kappa shape index (κ2) is 5.75. The summed E-state index contributed by atoms with van der Waals surface area (Å²) in [5, 5.41) is 1.93. The molecule has 0 aliphatic rings. The van der Waals surface area contributed by atoms with Crippen molar-refractivity contribution in [3.05, 3.63) is 50.1 Å². The number of halogens is 1. The predicted octanol–water partition coefficient (Wildman–Crippen LogP) is 3.61. The largest absolute Gasteiger partial charge is 0.240 e. The minimum absolute atomic E-state index is 0.311. The fourth-order valence-electron chi connectivity index (χ4n) is 1.58. The molecule has 0 bridgehead atoms. The van der Waals surface area contributed by atoms with E-state index in [1.807, 2.05) is 31.4 Å². The van der Waals surface area contributed by atoms with Gasteiger partial charge in [0, 0.05) is 21.3 Å². The molecule has 1 aromatic carbocycles. The molecule has 0 unspecified atom stereocenters. The maximum atomic E-state index is 12.2. The highest BCUT2D eigenvalue weighted by Crippen LogP contribution is 2.20. The monoisotopic (exact) mass is 359 g/mol. The second-order valence-corrected chi connectivity index (χ2v) is 7.98. The van der Waals surface area contributed by atoms with E-state index in [1.165, 1.54) is 11.3 Å². The average molecular weight is 360 g/mol. The number of aryl methyl sites for hydroxylation is 2. The normalized spacial score (nSPS) is 11.7. The molecule has 0 spiro atoms. The SMILES string of the molecule is Cc1ccc(S(=O)(=O)NCc2cc(Br)cs2)cc1C. The van der Waals surface area contributed by atoms with E-state index in [9.17, 15) is 8.42 Å². The zero-order valence-electron chi connectivity index (χ0n) is 10.6. The van der Waals surface area contributed by atoms with Crippen LogP contribution in [0.15, 0.2) is 39.0 Å². The van der Waals surface area contributed by atoms with E-state index in [0.717, 1.165) is 20.5 Å². The van der Waals surface area contributed by atoms with Crippen LogP contribution in [0.2, 0.25) is 0 Å². The Balaban J connectivity index is 2.16. The highest BCUT2D eigenvalue weighted by Gasteiger charge is 2.14. The van der Waals surface area contributed by atoms with E-state index in [4.69, 9.17) is 0 Å². The quantitative estimate of drug-likeness (QED) is 0.906. The average Bonchev–Trinajstić information content (AvgIpc) is 2.76. The molecule has 19 heavy (non-hydrogen) atoms. The van der Waals surface area contributed by atoms with Crippen molar-refractivity contribution in [2.75, 3.05) is 0 Å². The van der Waals surface area contributed by atoms with Crippen molar-refractivity contribution >= 4 is 37.3 Å². The van der Waals surface area contributed by atoms with Gasteiger partial charge in [0.1, 0.15) is 0 Å². The van der Waals surface area contributed by atoms with Crippen LogP contribution >= 0.6 is 27.3 Å². The summed E-state index contributed by atoms with van der Waals surface area (Å²) in [4.78, 5) is 1.28. The number of sulfonamides is 1. The fourth-order valence-corrected chi connectivity index (χ4v) is 4.15. The van der Waals surface area contributed by atoms with Gasteiger partial charge in [-0.25, -0.2) is 13.1 Å². The number of hydrogen-bond acceptors (Lipinski definition) is 3. The highest BCUT2D eigenvalue weighted by atomic mass is 79.9. The van der Waals surface area contributed by atoms with Gasteiger partial charge >= 0.3 is 0 Å². The maximum Gasteiger partial charge on any atom is 0.240 e. The molecule has 0 aliphatic carbocycles. The Morgan fingerprint density at radius 3 is 2.53 bits per heavy atom. The van der Waals surface area contributed by atoms with Crippen LogP contribution in [0.3, 0.4) is 0 Å². The molecule has 3 nitrogen and oxygen atoms in total. The molecule has 0 atom stereocenters. The van der Waals surface area contributed by atoms with E-state index >= 15 is 0 Å². The van der Waals surface area contributed by atoms with Crippen molar-refractivity contribution in [1.82, 2.24) is 4.72 Å². The number of hydrogen-bond donors (Lipinski definition) is 1. The summed E-state index contributed by atoms with van der Waals surface area (Å²) in [5.74, 6) is 0. The predicted molar refractivity (Wildman–Crippen MR) is 82.0 cm³/mol. The summed E-state index contributed by atoms with van der Waals surface area (Å²) in [6, 6.07) is 7.07. The lowest BCUT2D eigenvalue weighted by molar-refractivity contribution is 0.581. The molecule has 2 rings (SSSR count). The summed E-state index contributed by atoms with van der Waals surface area (Å²) in [5.41, 5.74) is 2.06. The Bertz CT molecular complexity index is 692. The third-order valence-electron chi connectivity index (χ3n) is 2.85. The lowest BCUT2D eigenvalue weighted by Crippen LogP contribution is -2.22. The van der Waals surface area contributed by atoms with Crippen LogP contribution in [-0.2, 0) is 16.6 Å². The van der Waals surface area contributed by atoms with Crippen LogP contribution in [0.5, 0.6) is 0 Å². The topological polar surface area (TPSA) is 46.2 Å². The smallest absolute Gasteiger partial charge is 0.207 e. The minimum Gasteiger partial charge on any atom is -0.207 e. The number of rotatable bonds is 4. The molecule has 102 valence electrons. The zero-order chi connectivity index (χ0) is 14.0. The Morgan fingerprint density at radius 2 is 1.95 bits per heavy atom. The summed E-state index contributed by atoms with van der Waals surface area (Å²) < 4.78 is 27.9. The van der Waals surface area contributed by atoms with Gasteiger partial charge in [-0.3, -0.25) is 0 Å². The Labute approximate surface area is 125 Å². The lowest BCUT2D eigenvalue weighted by Gasteiger charge is -2.07. The molecule has 1 heterocycles. The first kappa shape index (κ1) is 14.7. The van der Waals surface area contributed by atoms with Crippen molar-refractivity contribution < 1.29 is 8.42 Å². The first-order chi connectivity index (χ1) is 8.88. The first-order valence-electron chi connectivity index (χ1n) is 5.68. The van der Waals surface area contributed by atoms with Gasteiger partial charge in [0.25, 0.3) is 0 Å². The van der Waals surface area contributed by atoms with E-state index in [-0.39, 0.29) is 0 Å². The summed E-state index contributed by atoms with van der Waals surface area (Å²) >= 11 is 4.87. The van der Waals surface area contributed by atoms with Crippen molar-refractivity contribution in [2.24, 2.45) is 0 Å². The molecular weight excluding hydrogens is 346 g/mol. The summed E-state index contributed by atoms with van der Waals surface area (Å²) in [6.07, 6.45) is 0. The van der Waals surface area contributed by atoms with E-state index in [2.05, 4.69) is 20.7 Å². The molecule has 0 saturated carbocycles. The molecule has 0 saturated heterocycles. The lowest BCUT2D eigenvalue weighted by atomic mass is 10.1. The van der Waals surface area contributed by atoms with Crippen LogP contribution in [0.4, 0.5) is 0 Å². The van der Waals surface area contributed by atoms with Gasteiger partial charge < -0.3 is 0 Å². The van der Waals surface area contributed by atoms with Gasteiger partial charge in [-0.05, 0) is 59.1 Å². The first-order valence-corrected chi connectivity index (χ1v) is 8.84. The molecule has 2 aromatic rings. The molecule has 0 amide bonds. The summed E-state index contributed by atoms with van der Waals surface area (Å²) in [6.45, 7) is 4.18. The van der Waals surface area contributed by atoms with Gasteiger partial charge in [0.2, 0.25) is 10.0 Å². The Morgan fingerprint density at radius 1 is 1.21 bits per heavy atom. The third-order valence-corrected chi connectivity index (χ3v) is 5.94. The number of thiophene rings is 1. The standard InChI is InChI=1S/C13H14BrNO2S2/c1-9-3-4-13(5-10(9)2)19(16,17)15-7-12-6-11(14)8-18-12/h3-6,8,15H,7H2,1-2H3.